The molecule has 0 radical (unpaired) electrons. The summed E-state index contributed by atoms with van der Waals surface area (Å²) in [7, 11) is 1.64. The highest BCUT2D eigenvalue weighted by Crippen LogP contribution is 2.20. The molecule has 0 heterocycles. The first-order chi connectivity index (χ1) is 17.7. The van der Waals surface area contributed by atoms with Crippen LogP contribution in [0.25, 0.3) is 0 Å². The monoisotopic (exact) mass is 530 g/mol. The second-order valence-corrected chi connectivity index (χ2v) is 10.6. The number of hydrogen-bond acceptors (Lipinski definition) is 7. The maximum Gasteiger partial charge on any atom is 0.309 e. The third kappa shape index (κ3) is 20.5. The largest absolute Gasteiger partial charge is 0.465 e. The van der Waals surface area contributed by atoms with E-state index in [1.807, 2.05) is 34.6 Å². The lowest BCUT2D eigenvalue weighted by Gasteiger charge is -2.22. The van der Waals surface area contributed by atoms with Crippen molar-refractivity contribution in [3.8, 4) is 0 Å². The van der Waals surface area contributed by atoms with Crippen molar-refractivity contribution in [1.82, 2.24) is 0 Å². The molecular weight excluding hydrogens is 472 g/mol. The smallest absolute Gasteiger partial charge is 0.309 e. The SMILES string of the molecule is CCCCCCCCCCCCOC(=O)C(CC)CC(C)C(=O)OC(C)COC(C)COC(C)COC. The van der Waals surface area contributed by atoms with Crippen LogP contribution in [0.1, 0.15) is 119 Å². The summed E-state index contributed by atoms with van der Waals surface area (Å²) in [6.45, 7) is 13.4. The molecule has 220 valence electrons. The zero-order chi connectivity index (χ0) is 27.9. The lowest BCUT2D eigenvalue weighted by Crippen LogP contribution is -2.30. The van der Waals surface area contributed by atoms with Crippen molar-refractivity contribution >= 4 is 11.9 Å². The molecule has 0 aliphatic heterocycles. The van der Waals surface area contributed by atoms with Gasteiger partial charge in [-0.05, 0) is 40.0 Å². The Bertz CT molecular complexity index is 554. The first-order valence-electron chi connectivity index (χ1n) is 14.8. The van der Waals surface area contributed by atoms with Crippen molar-refractivity contribution in [3.05, 3.63) is 0 Å². The molecule has 0 aromatic carbocycles. The molecule has 0 spiro atoms. The van der Waals surface area contributed by atoms with Crippen LogP contribution in [0.4, 0.5) is 0 Å². The summed E-state index contributed by atoms with van der Waals surface area (Å²) in [5, 5.41) is 0. The number of methoxy groups -OCH3 is 1. The number of carbonyl (C=O) groups is 2. The molecule has 5 atom stereocenters. The molecule has 7 heteroatoms. The molecule has 7 nitrogen and oxygen atoms in total. The predicted molar refractivity (Wildman–Crippen MR) is 149 cm³/mol. The van der Waals surface area contributed by atoms with Crippen molar-refractivity contribution in [2.75, 3.05) is 33.5 Å². The lowest BCUT2D eigenvalue weighted by molar-refractivity contribution is -0.159. The van der Waals surface area contributed by atoms with Crippen molar-refractivity contribution in [2.24, 2.45) is 11.8 Å². The van der Waals surface area contributed by atoms with Crippen LogP contribution in [0.15, 0.2) is 0 Å². The van der Waals surface area contributed by atoms with E-state index in [2.05, 4.69) is 6.92 Å². The van der Waals surface area contributed by atoms with E-state index in [-0.39, 0.29) is 42.1 Å². The minimum Gasteiger partial charge on any atom is -0.465 e. The Labute approximate surface area is 227 Å². The highest BCUT2D eigenvalue weighted by molar-refractivity contribution is 5.75. The van der Waals surface area contributed by atoms with Gasteiger partial charge in [0.1, 0.15) is 6.10 Å². The van der Waals surface area contributed by atoms with Gasteiger partial charge in [-0.2, -0.15) is 0 Å². The van der Waals surface area contributed by atoms with Crippen molar-refractivity contribution in [2.45, 2.75) is 137 Å². The van der Waals surface area contributed by atoms with Gasteiger partial charge in [0.15, 0.2) is 0 Å². The van der Waals surface area contributed by atoms with Gasteiger partial charge in [-0.15, -0.1) is 0 Å². The van der Waals surface area contributed by atoms with Crippen LogP contribution in [0, 0.1) is 11.8 Å². The van der Waals surface area contributed by atoms with Gasteiger partial charge in [-0.1, -0.05) is 78.6 Å². The summed E-state index contributed by atoms with van der Waals surface area (Å²) >= 11 is 0. The fourth-order valence-electron chi connectivity index (χ4n) is 4.11. The number of hydrogen-bond donors (Lipinski definition) is 0. The number of ether oxygens (including phenoxy) is 5. The van der Waals surface area contributed by atoms with Crippen LogP contribution < -0.4 is 0 Å². The van der Waals surface area contributed by atoms with Gasteiger partial charge in [-0.25, -0.2) is 0 Å². The van der Waals surface area contributed by atoms with Gasteiger partial charge in [0.25, 0.3) is 0 Å². The molecule has 0 fully saturated rings. The molecule has 0 aromatic rings. The van der Waals surface area contributed by atoms with Crippen LogP contribution in [0.5, 0.6) is 0 Å². The third-order valence-electron chi connectivity index (χ3n) is 6.56. The van der Waals surface area contributed by atoms with Crippen LogP contribution in [0.2, 0.25) is 0 Å². The van der Waals surface area contributed by atoms with Crippen LogP contribution in [0.3, 0.4) is 0 Å². The molecule has 0 aliphatic rings. The molecule has 0 bridgehead atoms. The maximum absolute atomic E-state index is 12.5. The molecule has 0 N–H and O–H groups in total. The van der Waals surface area contributed by atoms with Crippen molar-refractivity contribution in [1.29, 1.82) is 0 Å². The predicted octanol–water partition coefficient (Wildman–Crippen LogP) is 6.89. The van der Waals surface area contributed by atoms with Gasteiger partial charge in [0.2, 0.25) is 0 Å². The second kappa shape index (κ2) is 23.9. The number of rotatable bonds is 25. The minimum atomic E-state index is -0.382. The zero-order valence-corrected chi connectivity index (χ0v) is 25.1. The summed E-state index contributed by atoms with van der Waals surface area (Å²) in [4.78, 5) is 25.1. The van der Waals surface area contributed by atoms with Gasteiger partial charge in [-0.3, -0.25) is 9.59 Å². The molecule has 37 heavy (non-hydrogen) atoms. The molecular formula is C30H58O7. The average molecular weight is 531 g/mol. The first-order valence-corrected chi connectivity index (χ1v) is 14.8. The quantitative estimate of drug-likeness (QED) is 0.0939. The highest BCUT2D eigenvalue weighted by atomic mass is 16.6. The molecule has 0 aliphatic carbocycles. The lowest BCUT2D eigenvalue weighted by atomic mass is 9.94. The summed E-state index contributed by atoms with van der Waals surface area (Å²) in [5.74, 6) is -1.18. The molecule has 0 aromatic heterocycles. The van der Waals surface area contributed by atoms with E-state index in [1.165, 1.54) is 51.4 Å². The Kier molecular flexibility index (Phi) is 23.1. The van der Waals surface area contributed by atoms with Crippen molar-refractivity contribution in [3.63, 3.8) is 0 Å². The van der Waals surface area contributed by atoms with Gasteiger partial charge in [0.05, 0.1) is 50.5 Å². The first kappa shape index (κ1) is 35.8. The van der Waals surface area contributed by atoms with E-state index < -0.39 is 0 Å². The number of carbonyl (C=O) groups excluding carboxylic acids is 2. The van der Waals surface area contributed by atoms with Crippen molar-refractivity contribution < 1.29 is 33.3 Å². The maximum atomic E-state index is 12.5. The topological polar surface area (TPSA) is 80.3 Å². The Hall–Kier alpha value is -1.18. The van der Waals surface area contributed by atoms with E-state index >= 15 is 0 Å². The summed E-state index contributed by atoms with van der Waals surface area (Å²) < 4.78 is 27.5. The molecule has 0 saturated carbocycles. The average Bonchev–Trinajstić information content (AvgIpc) is 2.87. The number of unbranched alkanes of at least 4 members (excludes halogenated alkanes) is 9. The fraction of sp³-hybridized carbons (Fsp3) is 0.933. The summed E-state index contributed by atoms with van der Waals surface area (Å²) in [5.41, 5.74) is 0. The Morgan fingerprint density at radius 1 is 0.649 bits per heavy atom. The van der Waals surface area contributed by atoms with E-state index in [9.17, 15) is 9.59 Å². The molecule has 0 rings (SSSR count). The highest BCUT2D eigenvalue weighted by Gasteiger charge is 2.26. The minimum absolute atomic E-state index is 0.000238. The van der Waals surface area contributed by atoms with E-state index in [1.54, 1.807) is 7.11 Å². The van der Waals surface area contributed by atoms with Gasteiger partial charge in [0, 0.05) is 7.11 Å². The van der Waals surface area contributed by atoms with E-state index in [0.29, 0.717) is 39.3 Å². The second-order valence-electron chi connectivity index (χ2n) is 10.6. The third-order valence-corrected chi connectivity index (χ3v) is 6.56. The standard InChI is InChI=1S/C30H58O7/c1-8-10-11-12-13-14-15-16-17-18-19-34-30(32)28(9-2)20-24(3)29(31)37-27(6)23-36-26(5)22-35-25(4)21-33-7/h24-28H,8-23H2,1-7H3. The fourth-order valence-corrected chi connectivity index (χ4v) is 4.11. The zero-order valence-electron chi connectivity index (χ0n) is 25.1. The van der Waals surface area contributed by atoms with Crippen LogP contribution >= 0.6 is 0 Å². The molecule has 0 amide bonds. The Morgan fingerprint density at radius 3 is 1.70 bits per heavy atom. The Morgan fingerprint density at radius 2 is 1.16 bits per heavy atom. The van der Waals surface area contributed by atoms with Crippen LogP contribution in [-0.2, 0) is 33.3 Å². The normalized spacial score (nSPS) is 15.5. The Balaban J connectivity index is 4.05. The molecule has 5 unspecified atom stereocenters. The molecule has 0 saturated heterocycles. The van der Waals surface area contributed by atoms with E-state index in [4.69, 9.17) is 23.7 Å². The van der Waals surface area contributed by atoms with Gasteiger partial charge < -0.3 is 23.7 Å². The van der Waals surface area contributed by atoms with Gasteiger partial charge >= 0.3 is 11.9 Å². The summed E-state index contributed by atoms with van der Waals surface area (Å²) in [6.07, 6.45) is 13.0. The summed E-state index contributed by atoms with van der Waals surface area (Å²) in [6, 6.07) is 0. The number of esters is 2. The van der Waals surface area contributed by atoms with Crippen LogP contribution in [-0.4, -0.2) is 63.8 Å². The van der Waals surface area contributed by atoms with E-state index in [0.717, 1.165) is 12.8 Å².